The SMILES string of the molecule is C=C([C@H]1CC[C@@](CC)(c2ccccc2)c2ccccc21)N1CCC(NC(=O)c2ccccc2OC)CC1. The Labute approximate surface area is 221 Å². The highest BCUT2D eigenvalue weighted by Crippen LogP contribution is 2.51. The van der Waals surface area contributed by atoms with Crippen molar-refractivity contribution in [3.8, 4) is 5.75 Å². The third kappa shape index (κ3) is 4.77. The molecule has 0 spiro atoms. The zero-order valence-electron chi connectivity index (χ0n) is 22.1. The molecule has 1 amide bonds. The van der Waals surface area contributed by atoms with Gasteiger partial charge >= 0.3 is 0 Å². The Bertz CT molecular complexity index is 1250. The number of para-hydroxylation sites is 1. The Morgan fingerprint density at radius 1 is 0.973 bits per heavy atom. The van der Waals surface area contributed by atoms with Crippen LogP contribution < -0.4 is 10.1 Å². The van der Waals surface area contributed by atoms with Crippen molar-refractivity contribution in [3.63, 3.8) is 0 Å². The molecule has 1 saturated heterocycles. The maximum absolute atomic E-state index is 12.9. The van der Waals surface area contributed by atoms with Crippen molar-refractivity contribution in [1.29, 1.82) is 0 Å². The predicted octanol–water partition coefficient (Wildman–Crippen LogP) is 6.68. The maximum atomic E-state index is 12.9. The molecule has 2 aliphatic rings. The van der Waals surface area contributed by atoms with E-state index in [1.54, 1.807) is 7.11 Å². The van der Waals surface area contributed by atoms with Crippen LogP contribution in [0.25, 0.3) is 0 Å². The van der Waals surface area contributed by atoms with Crippen molar-refractivity contribution in [2.75, 3.05) is 20.2 Å². The van der Waals surface area contributed by atoms with Gasteiger partial charge in [0.05, 0.1) is 12.7 Å². The van der Waals surface area contributed by atoms with E-state index < -0.39 is 0 Å². The fourth-order valence-electron chi connectivity index (χ4n) is 6.52. The summed E-state index contributed by atoms with van der Waals surface area (Å²) in [5.74, 6) is 0.882. The monoisotopic (exact) mass is 494 g/mol. The number of hydrogen-bond donors (Lipinski definition) is 1. The molecule has 4 heteroatoms. The molecule has 0 radical (unpaired) electrons. The summed E-state index contributed by atoms with van der Waals surface area (Å²) in [6.45, 7) is 8.77. The average molecular weight is 495 g/mol. The lowest BCUT2D eigenvalue weighted by Gasteiger charge is -2.45. The number of piperidine rings is 1. The van der Waals surface area contributed by atoms with Crippen molar-refractivity contribution in [1.82, 2.24) is 10.2 Å². The number of allylic oxidation sites excluding steroid dienone is 1. The first kappa shape index (κ1) is 25.1. The van der Waals surface area contributed by atoms with Crippen molar-refractivity contribution in [3.05, 3.63) is 113 Å². The summed E-state index contributed by atoms with van der Waals surface area (Å²) < 4.78 is 5.37. The Kier molecular flexibility index (Phi) is 7.36. The molecule has 2 atom stereocenters. The summed E-state index contributed by atoms with van der Waals surface area (Å²) in [7, 11) is 1.60. The van der Waals surface area contributed by atoms with Crippen LogP contribution in [0.2, 0.25) is 0 Å². The number of nitrogens with zero attached hydrogens (tertiary/aromatic N) is 1. The van der Waals surface area contributed by atoms with Crippen LogP contribution in [-0.2, 0) is 5.41 Å². The van der Waals surface area contributed by atoms with Crippen molar-refractivity contribution < 1.29 is 9.53 Å². The fourth-order valence-corrected chi connectivity index (χ4v) is 6.52. The van der Waals surface area contributed by atoms with Crippen LogP contribution in [0.4, 0.5) is 0 Å². The Hall–Kier alpha value is -3.53. The van der Waals surface area contributed by atoms with E-state index in [2.05, 4.69) is 78.3 Å². The minimum absolute atomic E-state index is 0.0599. The van der Waals surface area contributed by atoms with Gasteiger partial charge < -0.3 is 15.0 Å². The first-order chi connectivity index (χ1) is 18.1. The summed E-state index contributed by atoms with van der Waals surface area (Å²) in [6, 6.07) is 27.6. The van der Waals surface area contributed by atoms with E-state index in [9.17, 15) is 4.79 Å². The number of carbonyl (C=O) groups is 1. The van der Waals surface area contributed by atoms with Gasteiger partial charge in [-0.05, 0) is 60.9 Å². The number of hydrogen-bond acceptors (Lipinski definition) is 3. The molecule has 0 saturated carbocycles. The number of rotatable bonds is 7. The summed E-state index contributed by atoms with van der Waals surface area (Å²) in [5, 5.41) is 3.23. The van der Waals surface area contributed by atoms with Crippen LogP contribution in [0.1, 0.15) is 72.0 Å². The first-order valence-corrected chi connectivity index (χ1v) is 13.6. The van der Waals surface area contributed by atoms with Gasteiger partial charge in [0.2, 0.25) is 0 Å². The number of benzene rings is 3. The van der Waals surface area contributed by atoms with E-state index >= 15 is 0 Å². The van der Waals surface area contributed by atoms with Gasteiger partial charge in [-0.3, -0.25) is 4.79 Å². The maximum Gasteiger partial charge on any atom is 0.255 e. The van der Waals surface area contributed by atoms with Crippen LogP contribution >= 0.6 is 0 Å². The molecule has 1 N–H and O–H groups in total. The minimum atomic E-state index is -0.0623. The number of likely N-dealkylation sites (tertiary alicyclic amines) is 1. The highest BCUT2D eigenvalue weighted by atomic mass is 16.5. The molecule has 5 rings (SSSR count). The molecule has 4 nitrogen and oxygen atoms in total. The van der Waals surface area contributed by atoms with E-state index in [1.165, 1.54) is 22.4 Å². The second-order valence-corrected chi connectivity index (χ2v) is 10.4. The van der Waals surface area contributed by atoms with Crippen LogP contribution in [-0.4, -0.2) is 37.0 Å². The third-order valence-electron chi connectivity index (χ3n) is 8.63. The number of ether oxygens (including phenoxy) is 1. The number of amides is 1. The molecule has 3 aromatic rings. The summed E-state index contributed by atoms with van der Waals surface area (Å²) >= 11 is 0. The van der Waals surface area contributed by atoms with Crippen molar-refractivity contribution >= 4 is 5.91 Å². The lowest BCUT2D eigenvalue weighted by atomic mass is 9.61. The predicted molar refractivity (Wildman–Crippen MR) is 150 cm³/mol. The summed E-state index contributed by atoms with van der Waals surface area (Å²) in [4.78, 5) is 15.3. The molecule has 1 fully saturated rings. The Morgan fingerprint density at radius 2 is 1.65 bits per heavy atom. The highest BCUT2D eigenvalue weighted by Gasteiger charge is 2.41. The molecule has 0 unspecified atom stereocenters. The normalized spacial score (nSPS) is 21.7. The van der Waals surface area contributed by atoms with Gasteiger partial charge in [-0.1, -0.05) is 80.2 Å². The molecule has 1 aliphatic heterocycles. The van der Waals surface area contributed by atoms with Gasteiger partial charge in [0.15, 0.2) is 0 Å². The van der Waals surface area contributed by atoms with Crippen LogP contribution in [0.5, 0.6) is 5.75 Å². The van der Waals surface area contributed by atoms with Crippen molar-refractivity contribution in [2.24, 2.45) is 0 Å². The standard InChI is InChI=1S/C33H38N2O2/c1-4-33(25-12-6-5-7-13-25)21-18-27(28-14-8-10-16-30(28)33)24(2)35-22-19-26(20-23-35)34-32(36)29-15-9-11-17-31(29)37-3/h5-17,26-27H,2,4,18-23H2,1,3H3,(H,34,36)/t27-,33+/m1/s1. The molecule has 1 aliphatic carbocycles. The number of carbonyl (C=O) groups excluding carboxylic acids is 1. The Balaban J connectivity index is 1.28. The van der Waals surface area contributed by atoms with Gasteiger partial charge in [0.1, 0.15) is 5.75 Å². The van der Waals surface area contributed by atoms with Crippen LogP contribution in [0, 0.1) is 0 Å². The Morgan fingerprint density at radius 3 is 2.38 bits per heavy atom. The second-order valence-electron chi connectivity index (χ2n) is 10.4. The van der Waals surface area contributed by atoms with Gasteiger partial charge in [-0.2, -0.15) is 0 Å². The minimum Gasteiger partial charge on any atom is -0.496 e. The lowest BCUT2D eigenvalue weighted by molar-refractivity contribution is 0.0914. The molecule has 3 aromatic carbocycles. The topological polar surface area (TPSA) is 41.6 Å². The number of methoxy groups -OCH3 is 1. The van der Waals surface area contributed by atoms with Gasteiger partial charge in [-0.15, -0.1) is 0 Å². The lowest BCUT2D eigenvalue weighted by Crippen LogP contribution is -2.45. The second kappa shape index (κ2) is 10.8. The highest BCUT2D eigenvalue weighted by molar-refractivity contribution is 5.97. The van der Waals surface area contributed by atoms with E-state index in [0.29, 0.717) is 17.2 Å². The fraction of sp³-hybridized carbons (Fsp3) is 0.364. The molecule has 37 heavy (non-hydrogen) atoms. The quantitative estimate of drug-likeness (QED) is 0.398. The smallest absolute Gasteiger partial charge is 0.255 e. The molecule has 192 valence electrons. The van der Waals surface area contributed by atoms with Crippen LogP contribution in [0.15, 0.2) is 91.1 Å². The zero-order chi connectivity index (χ0) is 25.8. The first-order valence-electron chi connectivity index (χ1n) is 13.6. The third-order valence-corrected chi connectivity index (χ3v) is 8.63. The van der Waals surface area contributed by atoms with Gasteiger partial charge in [0, 0.05) is 36.2 Å². The average Bonchev–Trinajstić information content (AvgIpc) is 2.97. The van der Waals surface area contributed by atoms with E-state index in [4.69, 9.17) is 4.74 Å². The van der Waals surface area contributed by atoms with Gasteiger partial charge in [-0.25, -0.2) is 0 Å². The summed E-state index contributed by atoms with van der Waals surface area (Å²) in [6.07, 6.45) is 5.14. The van der Waals surface area contributed by atoms with Gasteiger partial charge in [0.25, 0.3) is 5.91 Å². The largest absolute Gasteiger partial charge is 0.496 e. The number of nitrogens with one attached hydrogen (secondary N) is 1. The molecular formula is C33H38N2O2. The molecule has 0 aromatic heterocycles. The molecular weight excluding hydrogens is 456 g/mol. The van der Waals surface area contributed by atoms with Crippen molar-refractivity contribution in [2.45, 2.75) is 56.4 Å². The summed E-state index contributed by atoms with van der Waals surface area (Å²) in [5.41, 5.74) is 6.18. The van der Waals surface area contributed by atoms with E-state index in [1.807, 2.05) is 24.3 Å². The van der Waals surface area contributed by atoms with E-state index in [-0.39, 0.29) is 17.4 Å². The molecule has 0 bridgehead atoms. The van der Waals surface area contributed by atoms with E-state index in [0.717, 1.165) is 45.2 Å². The number of fused-ring (bicyclic) bond motifs is 1. The van der Waals surface area contributed by atoms with Crippen LogP contribution in [0.3, 0.4) is 0 Å². The zero-order valence-corrected chi connectivity index (χ0v) is 22.1. The molecule has 1 heterocycles.